The lowest BCUT2D eigenvalue weighted by molar-refractivity contribution is 0.0652. The van der Waals surface area contributed by atoms with Crippen LogP contribution in [0.5, 0.6) is 0 Å². The summed E-state index contributed by atoms with van der Waals surface area (Å²) in [5.74, 6) is -0.323. The number of rotatable bonds is 7. The molecule has 0 N–H and O–H groups in total. The second-order valence-corrected chi connectivity index (χ2v) is 6.33. The largest absolute Gasteiger partial charge is 0.274 e. The van der Waals surface area contributed by atoms with Gasteiger partial charge in [0.2, 0.25) is 0 Å². The van der Waals surface area contributed by atoms with Crippen LogP contribution in [0.1, 0.15) is 58.0 Å². The number of benzene rings is 2. The van der Waals surface area contributed by atoms with Crippen LogP contribution in [0.25, 0.3) is 0 Å². The van der Waals surface area contributed by atoms with Gasteiger partial charge in [-0.25, -0.2) is 0 Å². The average molecular weight is 321 g/mol. The van der Waals surface area contributed by atoms with Crippen LogP contribution < -0.4 is 0 Å². The Hall–Kier alpha value is -2.42. The van der Waals surface area contributed by atoms with E-state index in [-0.39, 0.29) is 11.8 Å². The summed E-state index contributed by atoms with van der Waals surface area (Å²) in [5, 5.41) is 0. The van der Waals surface area contributed by atoms with Gasteiger partial charge in [-0.1, -0.05) is 49.7 Å². The zero-order valence-corrected chi connectivity index (χ0v) is 14.1. The van der Waals surface area contributed by atoms with E-state index in [0.717, 1.165) is 19.3 Å². The van der Waals surface area contributed by atoms with Crippen LogP contribution in [0, 0.1) is 0 Å². The highest BCUT2D eigenvalue weighted by Gasteiger charge is 2.34. The van der Waals surface area contributed by atoms with Crippen LogP contribution in [0.4, 0.5) is 0 Å². The van der Waals surface area contributed by atoms with Crippen molar-refractivity contribution in [2.45, 2.75) is 39.0 Å². The Balaban J connectivity index is 1.54. The molecule has 0 unspecified atom stereocenters. The number of hydrogen-bond donors (Lipinski definition) is 0. The zero-order chi connectivity index (χ0) is 16.9. The quantitative estimate of drug-likeness (QED) is 0.715. The summed E-state index contributed by atoms with van der Waals surface area (Å²) in [4.78, 5) is 26.0. The van der Waals surface area contributed by atoms with Crippen LogP contribution in [0.3, 0.4) is 0 Å². The third-order valence-corrected chi connectivity index (χ3v) is 4.57. The number of carbonyl (C=O) groups is 2. The van der Waals surface area contributed by atoms with E-state index < -0.39 is 0 Å². The maximum atomic E-state index is 12.3. The summed E-state index contributed by atoms with van der Waals surface area (Å²) in [6.07, 6.45) is 5.23. The van der Waals surface area contributed by atoms with Gasteiger partial charge in [-0.15, -0.1) is 0 Å². The number of hydrogen-bond acceptors (Lipinski definition) is 2. The number of carbonyl (C=O) groups excluding carboxylic acids is 2. The fourth-order valence-electron chi connectivity index (χ4n) is 3.14. The maximum absolute atomic E-state index is 12.3. The molecule has 0 bridgehead atoms. The second-order valence-electron chi connectivity index (χ2n) is 6.33. The summed E-state index contributed by atoms with van der Waals surface area (Å²) in [6.45, 7) is 2.68. The predicted octanol–water partition coefficient (Wildman–Crippen LogP) is 4.26. The highest BCUT2D eigenvalue weighted by molar-refractivity contribution is 6.21. The van der Waals surface area contributed by atoms with E-state index in [1.165, 1.54) is 28.9 Å². The van der Waals surface area contributed by atoms with E-state index in [2.05, 4.69) is 31.2 Å². The molecule has 2 aromatic rings. The number of imide groups is 1. The first-order valence-electron chi connectivity index (χ1n) is 8.73. The minimum Gasteiger partial charge on any atom is -0.274 e. The van der Waals surface area contributed by atoms with E-state index in [0.29, 0.717) is 17.7 Å². The first-order chi connectivity index (χ1) is 11.7. The third-order valence-electron chi connectivity index (χ3n) is 4.57. The topological polar surface area (TPSA) is 37.4 Å². The van der Waals surface area contributed by atoms with Gasteiger partial charge in [0.1, 0.15) is 0 Å². The van der Waals surface area contributed by atoms with E-state index in [1.807, 2.05) is 0 Å². The van der Waals surface area contributed by atoms with Crippen molar-refractivity contribution in [2.75, 3.05) is 6.54 Å². The number of amides is 2. The van der Waals surface area contributed by atoms with E-state index in [4.69, 9.17) is 0 Å². The van der Waals surface area contributed by atoms with Crippen molar-refractivity contribution in [3.63, 3.8) is 0 Å². The van der Waals surface area contributed by atoms with E-state index in [1.54, 1.807) is 24.3 Å². The van der Waals surface area contributed by atoms with E-state index in [9.17, 15) is 9.59 Å². The lowest BCUT2D eigenvalue weighted by Crippen LogP contribution is -2.30. The van der Waals surface area contributed by atoms with E-state index >= 15 is 0 Å². The van der Waals surface area contributed by atoms with Crippen molar-refractivity contribution in [1.29, 1.82) is 0 Å². The Kier molecular flexibility index (Phi) is 5.09. The first kappa shape index (κ1) is 16.4. The zero-order valence-electron chi connectivity index (χ0n) is 14.1. The number of aryl methyl sites for hydroxylation is 2. The molecule has 2 amide bonds. The summed E-state index contributed by atoms with van der Waals surface area (Å²) >= 11 is 0. The highest BCUT2D eigenvalue weighted by Crippen LogP contribution is 2.22. The summed E-state index contributed by atoms with van der Waals surface area (Å²) in [6, 6.07) is 15.7. The minimum absolute atomic E-state index is 0.162. The predicted molar refractivity (Wildman–Crippen MR) is 95.2 cm³/mol. The molecule has 24 heavy (non-hydrogen) atoms. The average Bonchev–Trinajstić information content (AvgIpc) is 2.86. The Morgan fingerprint density at radius 2 is 1.25 bits per heavy atom. The fraction of sp³-hybridized carbons (Fsp3) is 0.333. The Morgan fingerprint density at radius 1 is 0.750 bits per heavy atom. The molecule has 1 aliphatic heterocycles. The smallest absolute Gasteiger partial charge is 0.261 e. The van der Waals surface area contributed by atoms with Gasteiger partial charge in [-0.05, 0) is 48.9 Å². The molecule has 3 nitrogen and oxygen atoms in total. The Labute approximate surface area is 143 Å². The molecule has 0 spiro atoms. The number of unbranched alkanes of at least 4 members (excludes halogenated alkanes) is 1. The van der Waals surface area contributed by atoms with Crippen molar-refractivity contribution < 1.29 is 9.59 Å². The lowest BCUT2D eigenvalue weighted by Gasteiger charge is -2.13. The molecule has 1 heterocycles. The standard InChI is InChI=1S/C21H23NO2/c1-2-3-7-16-11-13-17(14-12-16)8-6-15-22-20(23)18-9-4-5-10-19(18)21(22)24/h4-5,9-14H,2-3,6-8,15H2,1H3. The molecule has 0 saturated heterocycles. The van der Waals surface area contributed by atoms with Gasteiger partial charge in [0.15, 0.2) is 0 Å². The van der Waals surface area contributed by atoms with Crippen LogP contribution in [0.2, 0.25) is 0 Å². The maximum Gasteiger partial charge on any atom is 0.261 e. The molecular formula is C21H23NO2. The van der Waals surface area contributed by atoms with Crippen molar-refractivity contribution in [3.8, 4) is 0 Å². The summed E-state index contributed by atoms with van der Waals surface area (Å²) in [7, 11) is 0. The molecule has 0 radical (unpaired) electrons. The van der Waals surface area contributed by atoms with Gasteiger partial charge in [-0.2, -0.15) is 0 Å². The molecule has 0 atom stereocenters. The molecule has 0 aliphatic carbocycles. The molecule has 1 aliphatic rings. The van der Waals surface area contributed by atoms with Gasteiger partial charge in [-0.3, -0.25) is 14.5 Å². The fourth-order valence-corrected chi connectivity index (χ4v) is 3.14. The van der Waals surface area contributed by atoms with Crippen molar-refractivity contribution in [2.24, 2.45) is 0 Å². The van der Waals surface area contributed by atoms with Gasteiger partial charge >= 0.3 is 0 Å². The molecule has 3 rings (SSSR count). The summed E-state index contributed by atoms with van der Waals surface area (Å²) < 4.78 is 0. The Morgan fingerprint density at radius 3 is 1.75 bits per heavy atom. The highest BCUT2D eigenvalue weighted by atomic mass is 16.2. The van der Waals surface area contributed by atoms with Crippen LogP contribution in [-0.4, -0.2) is 23.3 Å². The van der Waals surface area contributed by atoms with Gasteiger partial charge in [0, 0.05) is 6.54 Å². The lowest BCUT2D eigenvalue weighted by atomic mass is 10.0. The van der Waals surface area contributed by atoms with Crippen LogP contribution in [-0.2, 0) is 12.8 Å². The van der Waals surface area contributed by atoms with Crippen molar-refractivity contribution in [1.82, 2.24) is 4.90 Å². The van der Waals surface area contributed by atoms with Gasteiger partial charge < -0.3 is 0 Å². The molecular weight excluding hydrogens is 298 g/mol. The third kappa shape index (κ3) is 3.40. The minimum atomic E-state index is -0.162. The Bertz CT molecular complexity index is 699. The van der Waals surface area contributed by atoms with Gasteiger partial charge in [0.05, 0.1) is 11.1 Å². The molecule has 0 fully saturated rings. The first-order valence-corrected chi connectivity index (χ1v) is 8.73. The van der Waals surface area contributed by atoms with Crippen LogP contribution in [0.15, 0.2) is 48.5 Å². The number of fused-ring (bicyclic) bond motifs is 1. The molecule has 124 valence electrons. The van der Waals surface area contributed by atoms with Crippen LogP contribution >= 0.6 is 0 Å². The normalized spacial score (nSPS) is 13.5. The molecule has 2 aromatic carbocycles. The van der Waals surface area contributed by atoms with Crippen molar-refractivity contribution >= 4 is 11.8 Å². The van der Waals surface area contributed by atoms with Crippen molar-refractivity contribution in [3.05, 3.63) is 70.8 Å². The monoisotopic (exact) mass is 321 g/mol. The SMILES string of the molecule is CCCCc1ccc(CCCN2C(=O)c3ccccc3C2=O)cc1. The molecule has 0 saturated carbocycles. The summed E-state index contributed by atoms with van der Waals surface area (Å²) in [5.41, 5.74) is 3.69. The second kappa shape index (κ2) is 7.43. The number of nitrogens with zero attached hydrogens (tertiary/aromatic N) is 1. The molecule has 0 aromatic heterocycles. The molecule has 3 heteroatoms. The van der Waals surface area contributed by atoms with Gasteiger partial charge in [0.25, 0.3) is 11.8 Å².